The van der Waals surface area contributed by atoms with E-state index >= 15 is 0 Å². The molecule has 0 bridgehead atoms. The Labute approximate surface area is 108 Å². The van der Waals surface area contributed by atoms with E-state index in [1.807, 2.05) is 48.5 Å². The quantitative estimate of drug-likeness (QED) is 0.726. The van der Waals surface area contributed by atoms with Gasteiger partial charge in [-0.25, -0.2) is 0 Å². The highest BCUT2D eigenvalue weighted by Gasteiger charge is 2.03. The van der Waals surface area contributed by atoms with Crippen LogP contribution in [-0.2, 0) is 5.88 Å². The molecule has 0 heterocycles. The van der Waals surface area contributed by atoms with Gasteiger partial charge >= 0.3 is 0 Å². The highest BCUT2D eigenvalue weighted by atomic mass is 79.9. The summed E-state index contributed by atoms with van der Waals surface area (Å²) in [5.74, 6) is 2.05. The van der Waals surface area contributed by atoms with Gasteiger partial charge in [0.1, 0.15) is 11.5 Å². The predicted octanol–water partition coefficient (Wildman–Crippen LogP) is 4.98. The largest absolute Gasteiger partial charge is 0.457 e. The summed E-state index contributed by atoms with van der Waals surface area (Å²) >= 11 is 9.25. The van der Waals surface area contributed by atoms with Crippen LogP contribution in [0.2, 0.25) is 0 Å². The molecule has 2 aromatic carbocycles. The lowest BCUT2D eigenvalue weighted by Crippen LogP contribution is -1.88. The smallest absolute Gasteiger partial charge is 0.131 e. The van der Waals surface area contributed by atoms with Crippen molar-refractivity contribution in [1.29, 1.82) is 0 Å². The number of ether oxygens (including phenoxy) is 1. The molecule has 0 aliphatic rings. The number of hydrogen-bond donors (Lipinski definition) is 0. The third-order valence-corrected chi connectivity index (χ3v) is 2.92. The van der Waals surface area contributed by atoms with Crippen molar-refractivity contribution in [2.45, 2.75) is 5.88 Å². The van der Waals surface area contributed by atoms with Gasteiger partial charge in [-0.15, -0.1) is 11.6 Å². The van der Waals surface area contributed by atoms with Gasteiger partial charge in [-0.3, -0.25) is 0 Å². The summed E-state index contributed by atoms with van der Waals surface area (Å²) in [5, 5.41) is 0. The SMILES string of the molecule is ClCc1ccccc1Oc1cccc(Br)c1. The summed E-state index contributed by atoms with van der Waals surface area (Å²) < 4.78 is 6.76. The van der Waals surface area contributed by atoms with E-state index in [-0.39, 0.29) is 0 Å². The van der Waals surface area contributed by atoms with Crippen molar-refractivity contribution < 1.29 is 4.74 Å². The van der Waals surface area contributed by atoms with Crippen LogP contribution >= 0.6 is 27.5 Å². The van der Waals surface area contributed by atoms with Crippen molar-refractivity contribution in [3.8, 4) is 11.5 Å². The van der Waals surface area contributed by atoms with Gasteiger partial charge < -0.3 is 4.74 Å². The molecule has 0 atom stereocenters. The van der Waals surface area contributed by atoms with Crippen LogP contribution in [0.4, 0.5) is 0 Å². The molecule has 2 aromatic rings. The number of halogens is 2. The second kappa shape index (κ2) is 5.37. The molecule has 0 unspecified atom stereocenters. The first kappa shape index (κ1) is 11.5. The Bertz CT molecular complexity index is 485. The van der Waals surface area contributed by atoms with Crippen LogP contribution in [0.15, 0.2) is 53.0 Å². The van der Waals surface area contributed by atoms with Gasteiger partial charge in [-0.05, 0) is 24.3 Å². The summed E-state index contributed by atoms with van der Waals surface area (Å²) in [6.07, 6.45) is 0. The minimum absolute atomic E-state index is 0.449. The van der Waals surface area contributed by atoms with E-state index in [4.69, 9.17) is 16.3 Å². The van der Waals surface area contributed by atoms with Gasteiger partial charge in [0, 0.05) is 10.0 Å². The van der Waals surface area contributed by atoms with Crippen LogP contribution in [0.1, 0.15) is 5.56 Å². The predicted molar refractivity (Wildman–Crippen MR) is 70.2 cm³/mol. The van der Waals surface area contributed by atoms with Crippen LogP contribution in [0, 0.1) is 0 Å². The van der Waals surface area contributed by atoms with Crippen LogP contribution in [0.25, 0.3) is 0 Å². The van der Waals surface area contributed by atoms with Crippen molar-refractivity contribution in [3.05, 3.63) is 58.6 Å². The molecule has 0 fully saturated rings. The fraction of sp³-hybridized carbons (Fsp3) is 0.0769. The van der Waals surface area contributed by atoms with Gasteiger partial charge in [0.2, 0.25) is 0 Å². The first-order valence-electron chi connectivity index (χ1n) is 4.87. The van der Waals surface area contributed by atoms with Gasteiger partial charge in [-0.2, -0.15) is 0 Å². The van der Waals surface area contributed by atoms with E-state index in [1.165, 1.54) is 0 Å². The molecule has 3 heteroatoms. The normalized spacial score (nSPS) is 10.1. The highest BCUT2D eigenvalue weighted by Crippen LogP contribution is 2.27. The van der Waals surface area contributed by atoms with Crippen LogP contribution in [0.5, 0.6) is 11.5 Å². The molecule has 16 heavy (non-hydrogen) atoms. The first-order chi connectivity index (χ1) is 7.79. The Hall–Kier alpha value is -0.990. The molecular weight excluding hydrogens is 287 g/mol. The highest BCUT2D eigenvalue weighted by molar-refractivity contribution is 9.10. The summed E-state index contributed by atoms with van der Waals surface area (Å²) in [6.45, 7) is 0. The van der Waals surface area contributed by atoms with E-state index in [0.717, 1.165) is 21.5 Å². The van der Waals surface area contributed by atoms with Crippen molar-refractivity contribution >= 4 is 27.5 Å². The van der Waals surface area contributed by atoms with Gasteiger partial charge in [0.05, 0.1) is 5.88 Å². The lowest BCUT2D eigenvalue weighted by atomic mass is 10.2. The summed E-state index contributed by atoms with van der Waals surface area (Å²) in [6, 6.07) is 15.5. The zero-order chi connectivity index (χ0) is 11.4. The zero-order valence-electron chi connectivity index (χ0n) is 8.49. The Morgan fingerprint density at radius 3 is 2.62 bits per heavy atom. The number of hydrogen-bond acceptors (Lipinski definition) is 1. The topological polar surface area (TPSA) is 9.23 Å². The minimum atomic E-state index is 0.449. The van der Waals surface area contributed by atoms with Gasteiger partial charge in [0.15, 0.2) is 0 Å². The Balaban J connectivity index is 2.26. The summed E-state index contributed by atoms with van der Waals surface area (Å²) in [4.78, 5) is 0. The number of benzene rings is 2. The lowest BCUT2D eigenvalue weighted by Gasteiger charge is -2.09. The number of rotatable bonds is 3. The molecule has 0 saturated heterocycles. The average molecular weight is 298 g/mol. The fourth-order valence-corrected chi connectivity index (χ4v) is 1.97. The lowest BCUT2D eigenvalue weighted by molar-refractivity contribution is 0.478. The Morgan fingerprint density at radius 1 is 1.06 bits per heavy atom. The molecule has 0 aliphatic carbocycles. The molecule has 0 amide bonds. The van der Waals surface area contributed by atoms with Crippen LogP contribution in [0.3, 0.4) is 0 Å². The number of para-hydroxylation sites is 1. The third kappa shape index (κ3) is 2.77. The molecule has 1 nitrogen and oxygen atoms in total. The Kier molecular flexibility index (Phi) is 3.86. The van der Waals surface area contributed by atoms with E-state index < -0.39 is 0 Å². The molecule has 82 valence electrons. The van der Waals surface area contributed by atoms with E-state index in [2.05, 4.69) is 15.9 Å². The maximum atomic E-state index is 5.84. The summed E-state index contributed by atoms with van der Waals surface area (Å²) in [5.41, 5.74) is 0.990. The number of alkyl halides is 1. The van der Waals surface area contributed by atoms with E-state index in [0.29, 0.717) is 5.88 Å². The average Bonchev–Trinajstić information content (AvgIpc) is 2.30. The fourth-order valence-electron chi connectivity index (χ4n) is 1.37. The molecule has 0 aliphatic heterocycles. The van der Waals surface area contributed by atoms with E-state index in [1.54, 1.807) is 0 Å². The maximum Gasteiger partial charge on any atom is 0.131 e. The molecule has 0 spiro atoms. The molecule has 2 rings (SSSR count). The maximum absolute atomic E-state index is 5.84. The molecule has 0 radical (unpaired) electrons. The van der Waals surface area contributed by atoms with Crippen LogP contribution in [-0.4, -0.2) is 0 Å². The minimum Gasteiger partial charge on any atom is -0.457 e. The molecule has 0 aromatic heterocycles. The summed E-state index contributed by atoms with van der Waals surface area (Å²) in [7, 11) is 0. The molecule has 0 saturated carbocycles. The van der Waals surface area contributed by atoms with Gasteiger partial charge in [0.25, 0.3) is 0 Å². The molecule has 0 N–H and O–H groups in total. The van der Waals surface area contributed by atoms with Crippen LogP contribution < -0.4 is 4.74 Å². The third-order valence-electron chi connectivity index (χ3n) is 2.14. The van der Waals surface area contributed by atoms with Gasteiger partial charge in [-0.1, -0.05) is 40.2 Å². The second-order valence-corrected chi connectivity index (χ2v) is 4.48. The molecular formula is C13H10BrClO. The zero-order valence-corrected chi connectivity index (χ0v) is 10.8. The second-order valence-electron chi connectivity index (χ2n) is 3.30. The first-order valence-corrected chi connectivity index (χ1v) is 6.19. The Morgan fingerprint density at radius 2 is 1.88 bits per heavy atom. The monoisotopic (exact) mass is 296 g/mol. The van der Waals surface area contributed by atoms with Crippen molar-refractivity contribution in [1.82, 2.24) is 0 Å². The van der Waals surface area contributed by atoms with E-state index in [9.17, 15) is 0 Å². The van der Waals surface area contributed by atoms with Crippen molar-refractivity contribution in [3.63, 3.8) is 0 Å². The van der Waals surface area contributed by atoms with Crippen molar-refractivity contribution in [2.24, 2.45) is 0 Å². The van der Waals surface area contributed by atoms with Crippen molar-refractivity contribution in [2.75, 3.05) is 0 Å². The standard InChI is InChI=1S/C13H10BrClO/c14-11-5-3-6-12(8-11)16-13-7-2-1-4-10(13)9-15/h1-8H,9H2.